The largest absolute Gasteiger partial charge is 0.497 e. The van der Waals surface area contributed by atoms with Crippen molar-refractivity contribution in [1.82, 2.24) is 10.2 Å². The third kappa shape index (κ3) is 4.78. The fourth-order valence-corrected chi connectivity index (χ4v) is 2.38. The van der Waals surface area contributed by atoms with Crippen LogP contribution in [0.25, 0.3) is 0 Å². The second-order valence-electron chi connectivity index (χ2n) is 5.65. The minimum Gasteiger partial charge on any atom is -0.497 e. The number of halogens is 3. The van der Waals surface area contributed by atoms with Crippen molar-refractivity contribution in [2.75, 3.05) is 17.7 Å². The van der Waals surface area contributed by atoms with Gasteiger partial charge in [0, 0.05) is 0 Å². The molecule has 2 amide bonds. The summed E-state index contributed by atoms with van der Waals surface area (Å²) in [6.45, 7) is 0. The predicted molar refractivity (Wildman–Crippen MR) is 94.2 cm³/mol. The number of methoxy groups -OCH3 is 1. The summed E-state index contributed by atoms with van der Waals surface area (Å²) < 4.78 is 49.3. The van der Waals surface area contributed by atoms with E-state index in [0.29, 0.717) is 12.2 Å². The van der Waals surface area contributed by atoms with Gasteiger partial charge in [-0.2, -0.15) is 13.2 Å². The number of hydrogen-bond acceptors (Lipinski definition) is 5. The number of ether oxygens (including phenoxy) is 1. The maximum atomic E-state index is 13.0. The number of urea groups is 1. The number of aromatic nitrogens is 2. The van der Waals surface area contributed by atoms with Crippen LogP contribution in [0, 0.1) is 0 Å². The molecule has 146 valence electrons. The Balaban J connectivity index is 1.63. The van der Waals surface area contributed by atoms with E-state index in [9.17, 15) is 18.0 Å². The molecule has 0 saturated heterocycles. The molecule has 1 heterocycles. The molecule has 0 radical (unpaired) electrons. The molecule has 2 N–H and O–H groups in total. The average molecular weight is 392 g/mol. The SMILES string of the molecule is COc1ccc(Cc2nnc(NC(=O)Nc3ccccc3C(F)(F)F)o2)cc1. The smallest absolute Gasteiger partial charge is 0.418 e. The number of carbonyl (C=O) groups excluding carboxylic acids is 1. The Hall–Kier alpha value is -3.56. The zero-order valence-corrected chi connectivity index (χ0v) is 14.6. The van der Waals surface area contributed by atoms with E-state index in [1.165, 1.54) is 12.1 Å². The van der Waals surface area contributed by atoms with Crippen LogP contribution in [-0.2, 0) is 12.6 Å². The van der Waals surface area contributed by atoms with Crippen molar-refractivity contribution >= 4 is 17.7 Å². The summed E-state index contributed by atoms with van der Waals surface area (Å²) in [4.78, 5) is 12.0. The molecule has 1 aromatic heterocycles. The van der Waals surface area contributed by atoms with Gasteiger partial charge in [0.15, 0.2) is 0 Å². The number of carbonyl (C=O) groups is 1. The zero-order valence-electron chi connectivity index (χ0n) is 14.6. The lowest BCUT2D eigenvalue weighted by atomic mass is 10.1. The monoisotopic (exact) mass is 392 g/mol. The molecule has 0 aliphatic rings. The van der Waals surface area contributed by atoms with Crippen LogP contribution in [0.5, 0.6) is 5.75 Å². The highest BCUT2D eigenvalue weighted by Gasteiger charge is 2.33. The van der Waals surface area contributed by atoms with E-state index in [1.807, 2.05) is 12.1 Å². The molecule has 7 nitrogen and oxygen atoms in total. The fourth-order valence-electron chi connectivity index (χ4n) is 2.38. The van der Waals surface area contributed by atoms with Gasteiger partial charge in [-0.15, -0.1) is 5.10 Å². The fraction of sp³-hybridized carbons (Fsp3) is 0.167. The quantitative estimate of drug-likeness (QED) is 0.675. The van der Waals surface area contributed by atoms with Gasteiger partial charge in [0.2, 0.25) is 5.89 Å². The first-order valence-corrected chi connectivity index (χ1v) is 8.04. The maximum absolute atomic E-state index is 13.0. The summed E-state index contributed by atoms with van der Waals surface area (Å²) in [5.41, 5.74) is -0.471. The number of hydrogen-bond donors (Lipinski definition) is 2. The highest BCUT2D eigenvalue weighted by atomic mass is 19.4. The van der Waals surface area contributed by atoms with Crippen molar-refractivity contribution in [3.05, 3.63) is 65.5 Å². The summed E-state index contributed by atoms with van der Waals surface area (Å²) >= 11 is 0. The van der Waals surface area contributed by atoms with E-state index < -0.39 is 17.8 Å². The molecule has 3 aromatic rings. The van der Waals surface area contributed by atoms with E-state index in [-0.39, 0.29) is 17.6 Å². The van der Waals surface area contributed by atoms with Gasteiger partial charge in [-0.1, -0.05) is 29.4 Å². The molecule has 0 bridgehead atoms. The van der Waals surface area contributed by atoms with Gasteiger partial charge in [0.25, 0.3) is 0 Å². The highest BCUT2D eigenvalue weighted by molar-refractivity contribution is 5.98. The van der Waals surface area contributed by atoms with Crippen LogP contribution in [0.15, 0.2) is 52.9 Å². The minimum atomic E-state index is -4.60. The van der Waals surface area contributed by atoms with Crippen LogP contribution < -0.4 is 15.4 Å². The Bertz CT molecular complexity index is 955. The normalized spacial score (nSPS) is 11.1. The van der Waals surface area contributed by atoms with E-state index in [2.05, 4.69) is 20.8 Å². The molecule has 0 aliphatic heterocycles. The third-order valence-electron chi connectivity index (χ3n) is 3.68. The van der Waals surface area contributed by atoms with E-state index in [4.69, 9.17) is 9.15 Å². The van der Waals surface area contributed by atoms with Gasteiger partial charge in [-0.25, -0.2) is 4.79 Å². The summed E-state index contributed by atoms with van der Waals surface area (Å²) in [6, 6.07) is 10.6. The van der Waals surface area contributed by atoms with Gasteiger partial charge in [0.05, 0.1) is 24.8 Å². The summed E-state index contributed by atoms with van der Waals surface area (Å²) in [6.07, 6.45) is -4.28. The number of benzene rings is 2. The lowest BCUT2D eigenvalue weighted by Crippen LogP contribution is -2.22. The Labute approximate surface area is 157 Å². The van der Waals surface area contributed by atoms with Crippen molar-refractivity contribution < 1.29 is 27.1 Å². The Morgan fingerprint density at radius 1 is 1.07 bits per heavy atom. The standard InChI is InChI=1S/C18H15F3N4O3/c1-27-12-8-6-11(7-9-12)10-15-24-25-17(28-15)23-16(26)22-14-5-3-2-4-13(14)18(19,20)21/h2-9H,10H2,1H3,(H2,22,23,25,26). The molecule has 0 saturated carbocycles. The van der Waals surface area contributed by atoms with Crippen LogP contribution in [0.2, 0.25) is 0 Å². The Kier molecular flexibility index (Phi) is 5.48. The van der Waals surface area contributed by atoms with Gasteiger partial charge >= 0.3 is 18.2 Å². The first-order chi connectivity index (χ1) is 13.3. The van der Waals surface area contributed by atoms with Crippen LogP contribution in [0.4, 0.5) is 29.7 Å². The molecule has 10 heteroatoms. The van der Waals surface area contributed by atoms with Crippen molar-refractivity contribution in [3.63, 3.8) is 0 Å². The number of alkyl halides is 3. The average Bonchev–Trinajstić information content (AvgIpc) is 3.08. The first-order valence-electron chi connectivity index (χ1n) is 8.04. The molecular weight excluding hydrogens is 377 g/mol. The molecular formula is C18H15F3N4O3. The van der Waals surface area contributed by atoms with Crippen LogP contribution >= 0.6 is 0 Å². The topological polar surface area (TPSA) is 89.3 Å². The van der Waals surface area contributed by atoms with Crippen LogP contribution in [0.3, 0.4) is 0 Å². The van der Waals surface area contributed by atoms with Gasteiger partial charge in [-0.05, 0) is 29.8 Å². The van der Waals surface area contributed by atoms with Gasteiger partial charge < -0.3 is 14.5 Å². The number of amides is 2. The lowest BCUT2D eigenvalue weighted by molar-refractivity contribution is -0.136. The van der Waals surface area contributed by atoms with Crippen molar-refractivity contribution in [1.29, 1.82) is 0 Å². The maximum Gasteiger partial charge on any atom is 0.418 e. The van der Waals surface area contributed by atoms with Gasteiger partial charge in [-0.3, -0.25) is 5.32 Å². The summed E-state index contributed by atoms with van der Waals surface area (Å²) in [5.74, 6) is 0.934. The number of nitrogens with zero attached hydrogens (tertiary/aromatic N) is 2. The van der Waals surface area contributed by atoms with Crippen molar-refractivity contribution in [2.45, 2.75) is 12.6 Å². The Morgan fingerprint density at radius 2 is 1.79 bits per heavy atom. The number of rotatable bonds is 5. The summed E-state index contributed by atoms with van der Waals surface area (Å²) in [5, 5.41) is 11.8. The highest BCUT2D eigenvalue weighted by Crippen LogP contribution is 2.34. The van der Waals surface area contributed by atoms with Crippen LogP contribution in [-0.4, -0.2) is 23.3 Å². The second-order valence-corrected chi connectivity index (χ2v) is 5.65. The number of para-hydroxylation sites is 1. The molecule has 0 fully saturated rings. The second kappa shape index (κ2) is 7.99. The predicted octanol–water partition coefficient (Wildman–Crippen LogP) is 4.33. The third-order valence-corrected chi connectivity index (χ3v) is 3.68. The molecule has 0 atom stereocenters. The minimum absolute atomic E-state index is 0.231. The van der Waals surface area contributed by atoms with Crippen LogP contribution in [0.1, 0.15) is 17.0 Å². The Morgan fingerprint density at radius 3 is 2.46 bits per heavy atom. The van der Waals surface area contributed by atoms with Crippen molar-refractivity contribution in [3.8, 4) is 5.75 Å². The number of nitrogens with one attached hydrogen (secondary N) is 2. The molecule has 0 spiro atoms. The van der Waals surface area contributed by atoms with E-state index in [0.717, 1.165) is 17.7 Å². The van der Waals surface area contributed by atoms with Gasteiger partial charge in [0.1, 0.15) is 5.75 Å². The molecule has 28 heavy (non-hydrogen) atoms. The molecule has 0 aliphatic carbocycles. The molecule has 0 unspecified atom stereocenters. The number of anilines is 2. The molecule has 2 aromatic carbocycles. The lowest BCUT2D eigenvalue weighted by Gasteiger charge is -2.13. The van der Waals surface area contributed by atoms with Crippen molar-refractivity contribution in [2.24, 2.45) is 0 Å². The van der Waals surface area contributed by atoms with E-state index >= 15 is 0 Å². The molecule has 3 rings (SSSR count). The zero-order chi connectivity index (χ0) is 20.1. The first kappa shape index (κ1) is 19.2. The van der Waals surface area contributed by atoms with E-state index in [1.54, 1.807) is 19.2 Å². The summed E-state index contributed by atoms with van der Waals surface area (Å²) in [7, 11) is 1.56.